The van der Waals surface area contributed by atoms with Crippen LogP contribution in [0.15, 0.2) is 18.2 Å². The molecule has 3 rings (SSSR count). The number of Topliss-reactive ketones (excluding diaryl/α,β-unsaturated/α-hetero) is 1. The fourth-order valence-electron chi connectivity index (χ4n) is 3.53. The van der Waals surface area contributed by atoms with Crippen LogP contribution in [0.1, 0.15) is 54.6 Å². The number of aryl methyl sites for hydroxylation is 2. The molecule has 1 aromatic carbocycles. The van der Waals surface area contributed by atoms with E-state index in [2.05, 4.69) is 32.0 Å². The lowest BCUT2D eigenvalue weighted by Crippen LogP contribution is -2.15. The van der Waals surface area contributed by atoms with Crippen molar-refractivity contribution in [3.63, 3.8) is 0 Å². The molecular weight excluding hydrogens is 220 g/mol. The second kappa shape index (κ2) is 4.53. The Bertz CT molecular complexity index is 464. The Labute approximate surface area is 110 Å². The zero-order chi connectivity index (χ0) is 12.7. The highest BCUT2D eigenvalue weighted by Crippen LogP contribution is 2.55. The Balaban J connectivity index is 1.86. The molecule has 1 aromatic rings. The van der Waals surface area contributed by atoms with Gasteiger partial charge in [-0.3, -0.25) is 4.79 Å². The molecule has 2 atom stereocenters. The Hall–Kier alpha value is -1.11. The zero-order valence-corrected chi connectivity index (χ0v) is 11.4. The number of benzene rings is 1. The van der Waals surface area contributed by atoms with Gasteiger partial charge in [-0.2, -0.15) is 0 Å². The minimum absolute atomic E-state index is 0.325. The molecule has 0 aliphatic heterocycles. The molecule has 0 heterocycles. The van der Waals surface area contributed by atoms with Crippen molar-refractivity contribution in [3.05, 3.63) is 34.9 Å². The molecule has 0 bridgehead atoms. The van der Waals surface area contributed by atoms with Crippen molar-refractivity contribution < 1.29 is 4.79 Å². The van der Waals surface area contributed by atoms with Gasteiger partial charge < -0.3 is 0 Å². The molecule has 0 radical (unpaired) electrons. The van der Waals surface area contributed by atoms with Crippen molar-refractivity contribution in [1.29, 1.82) is 0 Å². The predicted octanol–water partition coefficient (Wildman–Crippen LogP) is 4.04. The number of rotatable bonds is 4. The van der Waals surface area contributed by atoms with Crippen LogP contribution in [0.2, 0.25) is 0 Å². The van der Waals surface area contributed by atoms with Gasteiger partial charge in [-0.1, -0.05) is 26.0 Å². The smallest absolute Gasteiger partial charge is 0.166 e. The first-order valence-corrected chi connectivity index (χ1v) is 7.38. The van der Waals surface area contributed by atoms with Crippen LogP contribution < -0.4 is 0 Å². The van der Waals surface area contributed by atoms with E-state index in [4.69, 9.17) is 0 Å². The highest BCUT2D eigenvalue weighted by Gasteiger charge is 2.48. The van der Waals surface area contributed by atoms with Crippen molar-refractivity contribution >= 4 is 5.78 Å². The standard InChI is InChI=1S/C17H22O/c1-3-11-5-6-12(4-2)16(7-11)17(18)15-9-13-8-14(13)10-15/h5-7,13-15H,3-4,8-10H2,1-2H3. The topological polar surface area (TPSA) is 17.1 Å². The van der Waals surface area contributed by atoms with Crippen LogP contribution in [0, 0.1) is 17.8 Å². The normalized spacial score (nSPS) is 29.1. The number of carbonyl (C=O) groups is 1. The number of carbonyl (C=O) groups excluding carboxylic acids is 1. The summed E-state index contributed by atoms with van der Waals surface area (Å²) in [6.45, 7) is 4.30. The quantitative estimate of drug-likeness (QED) is 0.728. The molecule has 0 aromatic heterocycles. The van der Waals surface area contributed by atoms with E-state index in [9.17, 15) is 4.79 Å². The Morgan fingerprint density at radius 1 is 1.11 bits per heavy atom. The highest BCUT2D eigenvalue weighted by atomic mass is 16.1. The summed E-state index contributed by atoms with van der Waals surface area (Å²) >= 11 is 0. The molecular formula is C17H22O. The van der Waals surface area contributed by atoms with E-state index in [1.807, 2.05) is 0 Å². The summed E-state index contributed by atoms with van der Waals surface area (Å²) in [5, 5.41) is 0. The minimum atomic E-state index is 0.325. The number of hydrogen-bond donors (Lipinski definition) is 0. The van der Waals surface area contributed by atoms with Crippen LogP contribution in [0.25, 0.3) is 0 Å². The van der Waals surface area contributed by atoms with E-state index < -0.39 is 0 Å². The second-order valence-corrected chi connectivity index (χ2v) is 5.99. The monoisotopic (exact) mass is 242 g/mol. The van der Waals surface area contributed by atoms with E-state index in [0.29, 0.717) is 11.7 Å². The molecule has 0 N–H and O–H groups in total. The van der Waals surface area contributed by atoms with E-state index in [1.165, 1.54) is 17.5 Å². The van der Waals surface area contributed by atoms with Crippen molar-refractivity contribution in [2.24, 2.45) is 17.8 Å². The highest BCUT2D eigenvalue weighted by molar-refractivity contribution is 5.99. The van der Waals surface area contributed by atoms with Gasteiger partial charge in [0.2, 0.25) is 0 Å². The number of fused-ring (bicyclic) bond motifs is 1. The van der Waals surface area contributed by atoms with Crippen LogP contribution in [0.4, 0.5) is 0 Å². The SMILES string of the molecule is CCc1ccc(CC)c(C(=O)C2CC3CC3C2)c1. The third-order valence-electron chi connectivity index (χ3n) is 4.84. The summed E-state index contributed by atoms with van der Waals surface area (Å²) in [6.07, 6.45) is 5.68. The van der Waals surface area contributed by atoms with E-state index in [0.717, 1.165) is 43.1 Å². The molecule has 0 amide bonds. The first-order chi connectivity index (χ1) is 8.72. The first kappa shape index (κ1) is 12.0. The van der Waals surface area contributed by atoms with Gasteiger partial charge >= 0.3 is 0 Å². The van der Waals surface area contributed by atoms with Gasteiger partial charge in [0.25, 0.3) is 0 Å². The lowest BCUT2D eigenvalue weighted by molar-refractivity contribution is 0.0913. The number of ketones is 1. The summed E-state index contributed by atoms with van der Waals surface area (Å²) in [6, 6.07) is 6.47. The molecule has 2 aliphatic carbocycles. The van der Waals surface area contributed by atoms with Gasteiger partial charge in [0.05, 0.1) is 0 Å². The maximum Gasteiger partial charge on any atom is 0.166 e. The first-order valence-electron chi connectivity index (χ1n) is 7.38. The summed E-state index contributed by atoms with van der Waals surface area (Å²) < 4.78 is 0. The lowest BCUT2D eigenvalue weighted by Gasteiger charge is -2.14. The molecule has 96 valence electrons. The van der Waals surface area contributed by atoms with Gasteiger partial charge in [-0.25, -0.2) is 0 Å². The Kier molecular flexibility index (Phi) is 3.01. The van der Waals surface area contributed by atoms with Gasteiger partial charge in [-0.05, 0) is 61.1 Å². The van der Waals surface area contributed by atoms with Crippen molar-refractivity contribution in [3.8, 4) is 0 Å². The third-order valence-corrected chi connectivity index (χ3v) is 4.84. The zero-order valence-electron chi connectivity index (χ0n) is 11.4. The maximum absolute atomic E-state index is 12.7. The average Bonchev–Trinajstić information content (AvgIpc) is 3.03. The van der Waals surface area contributed by atoms with Gasteiger partial charge in [-0.15, -0.1) is 0 Å². The van der Waals surface area contributed by atoms with Crippen molar-refractivity contribution in [2.75, 3.05) is 0 Å². The van der Waals surface area contributed by atoms with Crippen LogP contribution in [0.3, 0.4) is 0 Å². The van der Waals surface area contributed by atoms with Gasteiger partial charge in [0.1, 0.15) is 0 Å². The summed E-state index contributed by atoms with van der Waals surface area (Å²) in [5.41, 5.74) is 3.54. The van der Waals surface area contributed by atoms with Crippen LogP contribution >= 0.6 is 0 Å². The van der Waals surface area contributed by atoms with Crippen LogP contribution in [-0.4, -0.2) is 5.78 Å². The Morgan fingerprint density at radius 3 is 2.44 bits per heavy atom. The van der Waals surface area contributed by atoms with Gasteiger partial charge in [0, 0.05) is 11.5 Å². The summed E-state index contributed by atoms with van der Waals surface area (Å²) in [4.78, 5) is 12.7. The molecule has 1 nitrogen and oxygen atoms in total. The lowest BCUT2D eigenvalue weighted by atomic mass is 9.89. The number of hydrogen-bond acceptors (Lipinski definition) is 1. The largest absolute Gasteiger partial charge is 0.294 e. The fraction of sp³-hybridized carbons (Fsp3) is 0.588. The molecule has 2 unspecified atom stereocenters. The van der Waals surface area contributed by atoms with E-state index in [-0.39, 0.29) is 0 Å². The third kappa shape index (κ3) is 2.00. The minimum Gasteiger partial charge on any atom is -0.294 e. The molecule has 2 aliphatic rings. The maximum atomic E-state index is 12.7. The summed E-state index contributed by atoms with van der Waals surface area (Å²) in [5.74, 6) is 2.53. The predicted molar refractivity (Wildman–Crippen MR) is 73.8 cm³/mol. The van der Waals surface area contributed by atoms with E-state index in [1.54, 1.807) is 0 Å². The van der Waals surface area contributed by atoms with Crippen LogP contribution in [-0.2, 0) is 12.8 Å². The average molecular weight is 242 g/mol. The molecule has 2 saturated carbocycles. The van der Waals surface area contributed by atoms with Gasteiger partial charge in [0.15, 0.2) is 5.78 Å². The molecule has 18 heavy (non-hydrogen) atoms. The second-order valence-electron chi connectivity index (χ2n) is 5.99. The van der Waals surface area contributed by atoms with Crippen LogP contribution in [0.5, 0.6) is 0 Å². The van der Waals surface area contributed by atoms with Crippen molar-refractivity contribution in [2.45, 2.75) is 46.0 Å². The molecule has 2 fully saturated rings. The molecule has 0 spiro atoms. The Morgan fingerprint density at radius 2 is 1.83 bits per heavy atom. The summed E-state index contributed by atoms with van der Waals surface area (Å²) in [7, 11) is 0. The fourth-order valence-corrected chi connectivity index (χ4v) is 3.53. The molecule has 1 heteroatoms. The molecule has 0 saturated heterocycles. The van der Waals surface area contributed by atoms with Crippen molar-refractivity contribution in [1.82, 2.24) is 0 Å². The van der Waals surface area contributed by atoms with E-state index >= 15 is 0 Å².